The topological polar surface area (TPSA) is 58.4 Å². The standard InChI is InChI=1S/C14H23N3O/c1-5-17(10(2)3)9-14(18)16-13-8-12(15)7-6-11(13)4/h6-8,10H,5,9,15H2,1-4H3,(H,16,18). The van der Waals surface area contributed by atoms with E-state index < -0.39 is 0 Å². The zero-order chi connectivity index (χ0) is 13.7. The van der Waals surface area contributed by atoms with Gasteiger partial charge >= 0.3 is 0 Å². The quantitative estimate of drug-likeness (QED) is 0.787. The summed E-state index contributed by atoms with van der Waals surface area (Å²) in [6, 6.07) is 5.89. The molecular formula is C14H23N3O. The zero-order valence-electron chi connectivity index (χ0n) is 11.7. The molecule has 0 bridgehead atoms. The number of nitrogen functional groups attached to an aromatic ring is 1. The Morgan fingerprint density at radius 3 is 2.67 bits per heavy atom. The van der Waals surface area contributed by atoms with Gasteiger partial charge < -0.3 is 11.1 Å². The number of anilines is 2. The van der Waals surface area contributed by atoms with Gasteiger partial charge in [-0.05, 0) is 45.0 Å². The number of amides is 1. The molecule has 0 atom stereocenters. The van der Waals surface area contributed by atoms with Crippen molar-refractivity contribution in [2.45, 2.75) is 33.7 Å². The molecule has 0 unspecified atom stereocenters. The molecule has 0 saturated carbocycles. The van der Waals surface area contributed by atoms with E-state index in [1.165, 1.54) is 0 Å². The minimum Gasteiger partial charge on any atom is -0.399 e. The third-order valence-electron chi connectivity index (χ3n) is 3.02. The van der Waals surface area contributed by atoms with Crippen LogP contribution in [0.25, 0.3) is 0 Å². The molecule has 0 fully saturated rings. The van der Waals surface area contributed by atoms with E-state index in [4.69, 9.17) is 5.73 Å². The van der Waals surface area contributed by atoms with Crippen LogP contribution in [-0.4, -0.2) is 29.9 Å². The maximum atomic E-state index is 12.0. The third-order valence-corrected chi connectivity index (χ3v) is 3.02. The Morgan fingerprint density at radius 1 is 1.44 bits per heavy atom. The molecule has 100 valence electrons. The van der Waals surface area contributed by atoms with E-state index in [0.717, 1.165) is 17.8 Å². The average Bonchev–Trinajstić information content (AvgIpc) is 2.30. The van der Waals surface area contributed by atoms with Crippen molar-refractivity contribution < 1.29 is 4.79 Å². The highest BCUT2D eigenvalue weighted by molar-refractivity contribution is 5.93. The van der Waals surface area contributed by atoms with Gasteiger partial charge in [-0.25, -0.2) is 0 Å². The van der Waals surface area contributed by atoms with Gasteiger partial charge in [0.05, 0.1) is 6.54 Å². The smallest absolute Gasteiger partial charge is 0.238 e. The predicted molar refractivity (Wildman–Crippen MR) is 76.6 cm³/mol. The molecule has 4 nitrogen and oxygen atoms in total. The molecule has 0 heterocycles. The van der Waals surface area contributed by atoms with E-state index in [1.807, 2.05) is 19.1 Å². The van der Waals surface area contributed by atoms with E-state index in [2.05, 4.69) is 31.0 Å². The van der Waals surface area contributed by atoms with Crippen LogP contribution >= 0.6 is 0 Å². The van der Waals surface area contributed by atoms with Gasteiger partial charge in [-0.3, -0.25) is 9.69 Å². The molecule has 1 amide bonds. The summed E-state index contributed by atoms with van der Waals surface area (Å²) in [5.74, 6) is -0.000694. The van der Waals surface area contributed by atoms with Gasteiger partial charge in [-0.1, -0.05) is 13.0 Å². The van der Waals surface area contributed by atoms with Crippen molar-refractivity contribution in [1.29, 1.82) is 0 Å². The van der Waals surface area contributed by atoms with E-state index in [-0.39, 0.29) is 5.91 Å². The molecule has 0 spiro atoms. The van der Waals surface area contributed by atoms with Crippen molar-refractivity contribution in [3.8, 4) is 0 Å². The fourth-order valence-corrected chi connectivity index (χ4v) is 1.81. The number of carbonyl (C=O) groups excluding carboxylic acids is 1. The number of nitrogens with one attached hydrogen (secondary N) is 1. The van der Waals surface area contributed by atoms with Gasteiger partial charge in [-0.2, -0.15) is 0 Å². The van der Waals surface area contributed by atoms with Crippen molar-refractivity contribution in [2.75, 3.05) is 24.1 Å². The first-order chi connectivity index (χ1) is 8.43. The van der Waals surface area contributed by atoms with E-state index in [9.17, 15) is 4.79 Å². The maximum absolute atomic E-state index is 12.0. The maximum Gasteiger partial charge on any atom is 0.238 e. The second-order valence-corrected chi connectivity index (χ2v) is 4.78. The molecule has 0 radical (unpaired) electrons. The molecule has 18 heavy (non-hydrogen) atoms. The number of aryl methyl sites for hydroxylation is 1. The molecule has 0 aliphatic carbocycles. The minimum absolute atomic E-state index is 0.000694. The van der Waals surface area contributed by atoms with E-state index in [1.54, 1.807) is 6.07 Å². The summed E-state index contributed by atoms with van der Waals surface area (Å²) < 4.78 is 0. The lowest BCUT2D eigenvalue weighted by Crippen LogP contribution is -2.37. The summed E-state index contributed by atoms with van der Waals surface area (Å²) in [7, 11) is 0. The first-order valence-corrected chi connectivity index (χ1v) is 6.34. The fraction of sp³-hybridized carbons (Fsp3) is 0.500. The number of benzene rings is 1. The summed E-state index contributed by atoms with van der Waals surface area (Å²) >= 11 is 0. The van der Waals surface area contributed by atoms with Crippen LogP contribution in [0.4, 0.5) is 11.4 Å². The van der Waals surface area contributed by atoms with Crippen LogP contribution in [0.3, 0.4) is 0 Å². The Labute approximate surface area is 109 Å². The molecule has 1 aromatic rings. The molecule has 0 aromatic heterocycles. The molecule has 1 aromatic carbocycles. The van der Waals surface area contributed by atoms with Crippen molar-refractivity contribution in [1.82, 2.24) is 4.90 Å². The monoisotopic (exact) mass is 249 g/mol. The first-order valence-electron chi connectivity index (χ1n) is 6.34. The number of hydrogen-bond acceptors (Lipinski definition) is 3. The molecular weight excluding hydrogens is 226 g/mol. The Morgan fingerprint density at radius 2 is 2.11 bits per heavy atom. The van der Waals surface area contributed by atoms with Crippen molar-refractivity contribution in [2.24, 2.45) is 0 Å². The minimum atomic E-state index is -0.000694. The summed E-state index contributed by atoms with van der Waals surface area (Å²) in [5, 5.41) is 2.91. The van der Waals surface area contributed by atoms with E-state index >= 15 is 0 Å². The number of nitrogens with zero attached hydrogens (tertiary/aromatic N) is 1. The molecule has 0 aliphatic heterocycles. The molecule has 0 saturated heterocycles. The highest BCUT2D eigenvalue weighted by Crippen LogP contribution is 2.18. The van der Waals surface area contributed by atoms with Crippen LogP contribution in [0.2, 0.25) is 0 Å². The molecule has 0 aliphatic rings. The van der Waals surface area contributed by atoms with Crippen LogP contribution in [0.15, 0.2) is 18.2 Å². The van der Waals surface area contributed by atoms with Crippen LogP contribution in [0.1, 0.15) is 26.3 Å². The lowest BCUT2D eigenvalue weighted by molar-refractivity contribution is -0.117. The highest BCUT2D eigenvalue weighted by Gasteiger charge is 2.12. The SMILES string of the molecule is CCN(CC(=O)Nc1cc(N)ccc1C)C(C)C. The van der Waals surface area contributed by atoms with Crippen LogP contribution in [0.5, 0.6) is 0 Å². The second kappa shape index (κ2) is 6.40. The van der Waals surface area contributed by atoms with Gasteiger partial charge in [0.15, 0.2) is 0 Å². The number of likely N-dealkylation sites (N-methyl/N-ethyl adjacent to an activating group) is 1. The van der Waals surface area contributed by atoms with Gasteiger partial charge in [0, 0.05) is 17.4 Å². The number of rotatable bonds is 5. The van der Waals surface area contributed by atoms with Gasteiger partial charge in [0.1, 0.15) is 0 Å². The largest absolute Gasteiger partial charge is 0.399 e. The van der Waals surface area contributed by atoms with Crippen LogP contribution < -0.4 is 11.1 Å². The predicted octanol–water partition coefficient (Wildman–Crippen LogP) is 2.25. The number of nitrogens with two attached hydrogens (primary N) is 1. The Bertz CT molecular complexity index is 416. The number of hydrogen-bond donors (Lipinski definition) is 2. The third kappa shape index (κ3) is 4.04. The zero-order valence-corrected chi connectivity index (χ0v) is 11.7. The lowest BCUT2D eigenvalue weighted by Gasteiger charge is -2.24. The first kappa shape index (κ1) is 14.5. The van der Waals surface area contributed by atoms with Crippen molar-refractivity contribution >= 4 is 17.3 Å². The van der Waals surface area contributed by atoms with E-state index in [0.29, 0.717) is 18.3 Å². The van der Waals surface area contributed by atoms with Crippen molar-refractivity contribution in [3.63, 3.8) is 0 Å². The van der Waals surface area contributed by atoms with Gasteiger partial charge in [-0.15, -0.1) is 0 Å². The van der Waals surface area contributed by atoms with Crippen molar-refractivity contribution in [3.05, 3.63) is 23.8 Å². The van der Waals surface area contributed by atoms with Gasteiger partial charge in [0.25, 0.3) is 0 Å². The fourth-order valence-electron chi connectivity index (χ4n) is 1.81. The summed E-state index contributed by atoms with van der Waals surface area (Å²) in [6.45, 7) is 9.45. The second-order valence-electron chi connectivity index (χ2n) is 4.78. The summed E-state index contributed by atoms with van der Waals surface area (Å²) in [4.78, 5) is 14.1. The van der Waals surface area contributed by atoms with Gasteiger partial charge in [0.2, 0.25) is 5.91 Å². The number of carbonyl (C=O) groups is 1. The molecule has 1 rings (SSSR count). The summed E-state index contributed by atoms with van der Waals surface area (Å²) in [6.07, 6.45) is 0. The Hall–Kier alpha value is -1.55. The van der Waals surface area contributed by atoms with Crippen LogP contribution in [-0.2, 0) is 4.79 Å². The lowest BCUT2D eigenvalue weighted by atomic mass is 10.2. The molecule has 4 heteroatoms. The highest BCUT2D eigenvalue weighted by atomic mass is 16.2. The average molecular weight is 249 g/mol. The molecule has 3 N–H and O–H groups in total. The summed E-state index contributed by atoms with van der Waals surface area (Å²) in [5.41, 5.74) is 8.19. The Kier molecular flexibility index (Phi) is 5.16. The Balaban J connectivity index is 2.67. The van der Waals surface area contributed by atoms with Crippen LogP contribution in [0, 0.1) is 6.92 Å². The normalized spacial score (nSPS) is 11.0.